The van der Waals surface area contributed by atoms with Gasteiger partial charge in [0.1, 0.15) is 5.75 Å². The van der Waals surface area contributed by atoms with E-state index in [4.69, 9.17) is 4.74 Å². The van der Waals surface area contributed by atoms with Gasteiger partial charge in [0.25, 0.3) is 0 Å². The molecular formula is C13H16O. The second kappa shape index (κ2) is 3.49. The quantitative estimate of drug-likeness (QED) is 0.692. The molecule has 0 aliphatic heterocycles. The summed E-state index contributed by atoms with van der Waals surface area (Å²) >= 11 is 0. The third kappa shape index (κ3) is 1.43. The molecule has 1 aromatic rings. The second-order valence-electron chi connectivity index (χ2n) is 4.08. The van der Waals surface area contributed by atoms with Crippen molar-refractivity contribution in [3.8, 4) is 5.75 Å². The predicted molar refractivity (Wildman–Crippen MR) is 59.5 cm³/mol. The highest BCUT2D eigenvalue weighted by atomic mass is 16.5. The van der Waals surface area contributed by atoms with Crippen LogP contribution < -0.4 is 4.74 Å². The highest BCUT2D eigenvalue weighted by Crippen LogP contribution is 2.34. The van der Waals surface area contributed by atoms with Crippen molar-refractivity contribution >= 4 is 6.08 Å². The summed E-state index contributed by atoms with van der Waals surface area (Å²) in [7, 11) is 1.73. The Morgan fingerprint density at radius 2 is 2.07 bits per heavy atom. The normalized spacial score (nSPS) is 14.1. The van der Waals surface area contributed by atoms with Crippen LogP contribution in [0.4, 0.5) is 0 Å². The van der Waals surface area contributed by atoms with Gasteiger partial charge in [-0.1, -0.05) is 37.6 Å². The summed E-state index contributed by atoms with van der Waals surface area (Å²) in [5.41, 5.74) is 4.18. The molecule has 14 heavy (non-hydrogen) atoms. The summed E-state index contributed by atoms with van der Waals surface area (Å²) in [4.78, 5) is 0. The van der Waals surface area contributed by atoms with E-state index >= 15 is 0 Å². The molecule has 0 saturated heterocycles. The zero-order valence-electron chi connectivity index (χ0n) is 9.00. The molecule has 1 aromatic carbocycles. The number of fused-ring (bicyclic) bond motifs is 1. The molecule has 1 aliphatic rings. The minimum absolute atomic E-state index is 0.632. The maximum atomic E-state index is 5.34. The molecule has 0 N–H and O–H groups in total. The monoisotopic (exact) mass is 188 g/mol. The fourth-order valence-electron chi connectivity index (χ4n) is 1.91. The molecule has 0 aromatic heterocycles. The minimum Gasteiger partial charge on any atom is -0.496 e. The van der Waals surface area contributed by atoms with Gasteiger partial charge in [-0.2, -0.15) is 0 Å². The molecule has 0 unspecified atom stereocenters. The van der Waals surface area contributed by atoms with E-state index in [1.54, 1.807) is 7.11 Å². The fourth-order valence-corrected chi connectivity index (χ4v) is 1.91. The average molecular weight is 188 g/mol. The van der Waals surface area contributed by atoms with Crippen molar-refractivity contribution in [3.63, 3.8) is 0 Å². The molecule has 0 bridgehead atoms. The van der Waals surface area contributed by atoms with Crippen LogP contribution in [0.1, 0.15) is 25.0 Å². The van der Waals surface area contributed by atoms with Crippen LogP contribution in [0.25, 0.3) is 6.08 Å². The van der Waals surface area contributed by atoms with Crippen LogP contribution in [0.5, 0.6) is 5.75 Å². The van der Waals surface area contributed by atoms with E-state index in [1.807, 2.05) is 6.07 Å². The third-order valence-corrected chi connectivity index (χ3v) is 2.84. The number of benzene rings is 1. The van der Waals surface area contributed by atoms with Crippen molar-refractivity contribution in [2.45, 2.75) is 20.3 Å². The summed E-state index contributed by atoms with van der Waals surface area (Å²) in [5, 5.41) is 0. The van der Waals surface area contributed by atoms with Crippen molar-refractivity contribution < 1.29 is 4.74 Å². The van der Waals surface area contributed by atoms with Gasteiger partial charge in [-0.3, -0.25) is 0 Å². The van der Waals surface area contributed by atoms with Crippen molar-refractivity contribution in [1.82, 2.24) is 0 Å². The first-order valence-corrected chi connectivity index (χ1v) is 5.08. The number of allylic oxidation sites excluding steroid dienone is 1. The van der Waals surface area contributed by atoms with Crippen LogP contribution in [0, 0.1) is 5.92 Å². The van der Waals surface area contributed by atoms with Crippen LogP contribution in [-0.4, -0.2) is 7.11 Å². The Morgan fingerprint density at radius 3 is 2.71 bits per heavy atom. The van der Waals surface area contributed by atoms with E-state index in [-0.39, 0.29) is 0 Å². The van der Waals surface area contributed by atoms with Gasteiger partial charge in [0.15, 0.2) is 0 Å². The topological polar surface area (TPSA) is 9.23 Å². The molecule has 0 atom stereocenters. The van der Waals surface area contributed by atoms with Crippen molar-refractivity contribution in [2.75, 3.05) is 7.11 Å². The Balaban J connectivity index is 2.42. The first-order valence-electron chi connectivity index (χ1n) is 5.08. The number of methoxy groups -OCH3 is 1. The Labute approximate surface area is 85.4 Å². The summed E-state index contributed by atoms with van der Waals surface area (Å²) in [6.45, 7) is 4.48. The lowest BCUT2D eigenvalue weighted by atomic mass is 10.0. The van der Waals surface area contributed by atoms with E-state index in [0.717, 1.165) is 12.2 Å². The standard InChI is InChI=1S/C13H16O/c1-9(2)11-7-10-5-4-6-13(14-3)12(10)8-11/h4-6,8-9H,7H2,1-3H3. The van der Waals surface area contributed by atoms with Gasteiger partial charge in [0.05, 0.1) is 7.11 Å². The molecule has 0 heterocycles. The fraction of sp³-hybridized carbons (Fsp3) is 0.385. The summed E-state index contributed by atoms with van der Waals surface area (Å²) in [6, 6.07) is 6.27. The lowest BCUT2D eigenvalue weighted by Crippen LogP contribution is -1.93. The van der Waals surface area contributed by atoms with Gasteiger partial charge in [-0.05, 0) is 24.0 Å². The van der Waals surface area contributed by atoms with E-state index in [2.05, 4.69) is 32.1 Å². The second-order valence-corrected chi connectivity index (χ2v) is 4.08. The summed E-state index contributed by atoms with van der Waals surface area (Å²) < 4.78 is 5.34. The van der Waals surface area contributed by atoms with Gasteiger partial charge in [0.2, 0.25) is 0 Å². The molecule has 0 fully saturated rings. The Morgan fingerprint density at radius 1 is 1.29 bits per heavy atom. The first-order chi connectivity index (χ1) is 6.72. The minimum atomic E-state index is 0.632. The molecule has 0 spiro atoms. The smallest absolute Gasteiger partial charge is 0.126 e. The lowest BCUT2D eigenvalue weighted by molar-refractivity contribution is 0.413. The summed E-state index contributed by atoms with van der Waals surface area (Å²) in [5.74, 6) is 1.63. The van der Waals surface area contributed by atoms with Crippen molar-refractivity contribution in [1.29, 1.82) is 0 Å². The Bertz CT molecular complexity index is 375. The van der Waals surface area contributed by atoms with Crippen LogP contribution in [-0.2, 0) is 6.42 Å². The zero-order chi connectivity index (χ0) is 10.1. The van der Waals surface area contributed by atoms with E-state index in [0.29, 0.717) is 5.92 Å². The van der Waals surface area contributed by atoms with Gasteiger partial charge >= 0.3 is 0 Å². The molecule has 1 nitrogen and oxygen atoms in total. The van der Waals surface area contributed by atoms with E-state index in [9.17, 15) is 0 Å². The van der Waals surface area contributed by atoms with E-state index in [1.165, 1.54) is 16.7 Å². The number of hydrogen-bond acceptors (Lipinski definition) is 1. The number of ether oxygens (including phenoxy) is 1. The molecule has 2 rings (SSSR count). The van der Waals surface area contributed by atoms with Gasteiger partial charge < -0.3 is 4.74 Å². The van der Waals surface area contributed by atoms with Gasteiger partial charge in [-0.25, -0.2) is 0 Å². The van der Waals surface area contributed by atoms with Crippen LogP contribution in [0.15, 0.2) is 23.8 Å². The molecule has 74 valence electrons. The van der Waals surface area contributed by atoms with Gasteiger partial charge in [0, 0.05) is 5.56 Å². The van der Waals surface area contributed by atoms with Crippen LogP contribution in [0.3, 0.4) is 0 Å². The predicted octanol–water partition coefficient (Wildman–Crippen LogP) is 3.29. The average Bonchev–Trinajstić information content (AvgIpc) is 2.60. The van der Waals surface area contributed by atoms with Crippen molar-refractivity contribution in [3.05, 3.63) is 34.9 Å². The Hall–Kier alpha value is -1.24. The van der Waals surface area contributed by atoms with E-state index < -0.39 is 0 Å². The molecule has 0 saturated carbocycles. The van der Waals surface area contributed by atoms with Crippen molar-refractivity contribution in [2.24, 2.45) is 5.92 Å². The highest BCUT2D eigenvalue weighted by Gasteiger charge is 2.17. The Kier molecular flexibility index (Phi) is 2.32. The molecular weight excluding hydrogens is 172 g/mol. The van der Waals surface area contributed by atoms with Gasteiger partial charge in [-0.15, -0.1) is 0 Å². The first kappa shape index (κ1) is 9.32. The SMILES string of the molecule is COc1cccc2c1C=C(C(C)C)C2. The maximum Gasteiger partial charge on any atom is 0.126 e. The molecule has 1 heteroatoms. The highest BCUT2D eigenvalue weighted by molar-refractivity contribution is 5.69. The molecule has 0 amide bonds. The number of hydrogen-bond donors (Lipinski definition) is 0. The summed E-state index contributed by atoms with van der Waals surface area (Å²) in [6.07, 6.45) is 3.36. The molecule has 1 aliphatic carbocycles. The zero-order valence-corrected chi connectivity index (χ0v) is 9.00. The van der Waals surface area contributed by atoms with Crippen LogP contribution in [0.2, 0.25) is 0 Å². The third-order valence-electron chi connectivity index (χ3n) is 2.84. The number of rotatable bonds is 2. The lowest BCUT2D eigenvalue weighted by Gasteiger charge is -2.05. The largest absolute Gasteiger partial charge is 0.496 e. The maximum absolute atomic E-state index is 5.34. The molecule has 0 radical (unpaired) electrons. The van der Waals surface area contributed by atoms with Crippen LogP contribution >= 0.6 is 0 Å².